The van der Waals surface area contributed by atoms with Crippen molar-refractivity contribution < 1.29 is 27.2 Å². The summed E-state index contributed by atoms with van der Waals surface area (Å²) in [6.45, 7) is 3.37. The summed E-state index contributed by atoms with van der Waals surface area (Å²) in [5, 5.41) is 10.9. The molecular formula is C21H20F4N6O2. The Morgan fingerprint density at radius 3 is 2.70 bits per heavy atom. The third kappa shape index (κ3) is 4.50. The quantitative estimate of drug-likeness (QED) is 0.544. The molecule has 3 heterocycles. The van der Waals surface area contributed by atoms with Gasteiger partial charge in [0.25, 0.3) is 5.91 Å². The zero-order valence-electron chi connectivity index (χ0n) is 17.4. The van der Waals surface area contributed by atoms with E-state index in [1.807, 2.05) is 0 Å². The van der Waals surface area contributed by atoms with Crippen molar-refractivity contribution in [2.75, 3.05) is 6.54 Å². The minimum absolute atomic E-state index is 0.0225. The standard InChI is InChI=1S/C21H20F4N6O2/c1-2-3-16-18-28-29-20(21(23,24)25)31(18)9-8-30(16)19(33)14-11-12(4-6-15(14)22)10-13-5-7-17(32)27-26-13/h2,4,6,11,16H,1,3,5,7-10H2,(H,27,32). The van der Waals surface area contributed by atoms with Crippen LogP contribution in [-0.2, 0) is 23.9 Å². The smallest absolute Gasteiger partial charge is 0.326 e. The lowest BCUT2D eigenvalue weighted by Crippen LogP contribution is -2.43. The summed E-state index contributed by atoms with van der Waals surface area (Å²) in [5.41, 5.74) is 3.50. The molecule has 1 unspecified atom stereocenters. The number of hydrogen-bond acceptors (Lipinski definition) is 5. The lowest BCUT2D eigenvalue weighted by atomic mass is 10.00. The minimum Gasteiger partial charge on any atom is -0.326 e. The van der Waals surface area contributed by atoms with Gasteiger partial charge in [0.15, 0.2) is 5.82 Å². The molecule has 0 saturated carbocycles. The summed E-state index contributed by atoms with van der Waals surface area (Å²) in [6, 6.07) is 3.23. The van der Waals surface area contributed by atoms with Crippen LogP contribution in [0.1, 0.15) is 52.9 Å². The molecule has 1 aromatic heterocycles. The molecule has 2 aromatic rings. The number of benzene rings is 1. The average molecular weight is 464 g/mol. The number of nitrogens with zero attached hydrogens (tertiary/aromatic N) is 5. The van der Waals surface area contributed by atoms with Crippen LogP contribution in [0, 0.1) is 5.82 Å². The Morgan fingerprint density at radius 1 is 1.24 bits per heavy atom. The van der Waals surface area contributed by atoms with E-state index in [4.69, 9.17) is 0 Å². The molecule has 174 valence electrons. The molecule has 0 spiro atoms. The van der Waals surface area contributed by atoms with Gasteiger partial charge in [0, 0.05) is 31.6 Å². The highest BCUT2D eigenvalue weighted by Gasteiger charge is 2.42. The second-order valence-electron chi connectivity index (χ2n) is 7.77. The Balaban J connectivity index is 1.62. The molecule has 4 rings (SSSR count). The second kappa shape index (κ2) is 8.75. The molecule has 0 aliphatic carbocycles. The van der Waals surface area contributed by atoms with Crippen molar-refractivity contribution in [2.45, 2.75) is 44.4 Å². The summed E-state index contributed by atoms with van der Waals surface area (Å²) < 4.78 is 55.3. The Hall–Kier alpha value is -3.57. The minimum atomic E-state index is -4.68. The summed E-state index contributed by atoms with van der Waals surface area (Å²) in [4.78, 5) is 25.8. The monoisotopic (exact) mass is 464 g/mol. The van der Waals surface area contributed by atoms with Gasteiger partial charge in [-0.3, -0.25) is 9.59 Å². The van der Waals surface area contributed by atoms with Crippen LogP contribution in [0.25, 0.3) is 0 Å². The maximum Gasteiger partial charge on any atom is 0.451 e. The first-order valence-corrected chi connectivity index (χ1v) is 10.2. The third-order valence-electron chi connectivity index (χ3n) is 5.57. The van der Waals surface area contributed by atoms with Crippen molar-refractivity contribution in [3.05, 3.63) is 59.4 Å². The molecule has 8 nitrogen and oxygen atoms in total. The van der Waals surface area contributed by atoms with Gasteiger partial charge >= 0.3 is 6.18 Å². The van der Waals surface area contributed by atoms with Gasteiger partial charge in [-0.25, -0.2) is 9.82 Å². The van der Waals surface area contributed by atoms with E-state index in [2.05, 4.69) is 27.3 Å². The zero-order chi connectivity index (χ0) is 23.8. The third-order valence-corrected chi connectivity index (χ3v) is 5.57. The van der Waals surface area contributed by atoms with E-state index < -0.39 is 29.8 Å². The van der Waals surface area contributed by atoms with Crippen molar-refractivity contribution in [2.24, 2.45) is 5.10 Å². The number of fused-ring (bicyclic) bond motifs is 1. The van der Waals surface area contributed by atoms with Crippen molar-refractivity contribution in [3.8, 4) is 0 Å². The van der Waals surface area contributed by atoms with Crippen molar-refractivity contribution >= 4 is 17.5 Å². The Kier molecular flexibility index (Phi) is 6.00. The maximum atomic E-state index is 14.6. The molecule has 2 amide bonds. The fourth-order valence-electron chi connectivity index (χ4n) is 4.00. The first kappa shape index (κ1) is 22.6. The second-order valence-corrected chi connectivity index (χ2v) is 7.77. The van der Waals surface area contributed by atoms with Crippen molar-refractivity contribution in [1.82, 2.24) is 25.1 Å². The fourth-order valence-corrected chi connectivity index (χ4v) is 4.00. The summed E-state index contributed by atoms with van der Waals surface area (Å²) in [7, 11) is 0. The van der Waals surface area contributed by atoms with Crippen molar-refractivity contribution in [1.29, 1.82) is 0 Å². The lowest BCUT2D eigenvalue weighted by Gasteiger charge is -2.35. The van der Waals surface area contributed by atoms with Gasteiger partial charge in [0.2, 0.25) is 11.7 Å². The van der Waals surface area contributed by atoms with E-state index in [0.717, 1.165) is 4.57 Å². The Bertz CT molecular complexity index is 1140. The van der Waals surface area contributed by atoms with E-state index in [0.29, 0.717) is 30.5 Å². The number of hydrazone groups is 1. The van der Waals surface area contributed by atoms with Gasteiger partial charge in [-0.15, -0.1) is 16.8 Å². The molecular weight excluding hydrogens is 444 g/mol. The molecule has 2 aliphatic heterocycles. The number of carbonyl (C=O) groups is 2. The maximum absolute atomic E-state index is 14.6. The van der Waals surface area contributed by atoms with Crippen LogP contribution in [0.3, 0.4) is 0 Å². The zero-order valence-corrected chi connectivity index (χ0v) is 17.4. The molecule has 0 radical (unpaired) electrons. The summed E-state index contributed by atoms with van der Waals surface area (Å²) in [6.07, 6.45) is -2.02. The number of hydrogen-bond donors (Lipinski definition) is 1. The molecule has 1 N–H and O–H groups in total. The lowest BCUT2D eigenvalue weighted by molar-refractivity contribution is -0.148. The normalized spacial score (nSPS) is 18.4. The van der Waals surface area contributed by atoms with Gasteiger partial charge < -0.3 is 9.47 Å². The number of alkyl halides is 3. The Labute approximate surface area is 186 Å². The SMILES string of the molecule is C=CCC1c2nnc(C(F)(F)F)n2CCN1C(=O)c1cc(CC2=NNC(=O)CC2)ccc1F. The van der Waals surface area contributed by atoms with Gasteiger partial charge in [0.05, 0.1) is 11.6 Å². The topological polar surface area (TPSA) is 92.5 Å². The van der Waals surface area contributed by atoms with Crippen LogP contribution in [0.15, 0.2) is 36.0 Å². The van der Waals surface area contributed by atoms with Crippen molar-refractivity contribution in [3.63, 3.8) is 0 Å². The highest BCUT2D eigenvalue weighted by atomic mass is 19.4. The number of aromatic nitrogens is 3. The molecule has 33 heavy (non-hydrogen) atoms. The van der Waals surface area contributed by atoms with E-state index in [1.54, 1.807) is 0 Å². The number of rotatable bonds is 5. The highest BCUT2D eigenvalue weighted by molar-refractivity contribution is 5.96. The first-order valence-electron chi connectivity index (χ1n) is 10.2. The van der Waals surface area contributed by atoms with Crippen LogP contribution in [0.5, 0.6) is 0 Å². The summed E-state index contributed by atoms with van der Waals surface area (Å²) in [5.74, 6) is -2.75. The predicted molar refractivity (Wildman–Crippen MR) is 109 cm³/mol. The molecule has 12 heteroatoms. The van der Waals surface area contributed by atoms with E-state index >= 15 is 0 Å². The molecule has 0 bridgehead atoms. The number of nitrogens with one attached hydrogen (secondary N) is 1. The van der Waals surface area contributed by atoms with Crippen LogP contribution >= 0.6 is 0 Å². The molecule has 0 saturated heterocycles. The van der Waals surface area contributed by atoms with E-state index in [1.165, 1.54) is 29.2 Å². The average Bonchev–Trinajstić information content (AvgIpc) is 3.22. The predicted octanol–water partition coefficient (Wildman–Crippen LogP) is 3.02. The van der Waals surface area contributed by atoms with Crippen LogP contribution in [0.4, 0.5) is 17.6 Å². The first-order chi connectivity index (χ1) is 15.7. The van der Waals surface area contributed by atoms with E-state index in [9.17, 15) is 27.2 Å². The highest BCUT2D eigenvalue weighted by Crippen LogP contribution is 2.35. The summed E-state index contributed by atoms with van der Waals surface area (Å²) >= 11 is 0. The fraction of sp³-hybridized carbons (Fsp3) is 0.381. The largest absolute Gasteiger partial charge is 0.451 e. The Morgan fingerprint density at radius 2 is 2.03 bits per heavy atom. The van der Waals surface area contributed by atoms with Crippen LogP contribution < -0.4 is 5.43 Å². The molecule has 0 fully saturated rings. The van der Waals surface area contributed by atoms with Gasteiger partial charge in [-0.05, 0) is 30.5 Å². The number of halogens is 4. The molecule has 2 aliphatic rings. The van der Waals surface area contributed by atoms with Gasteiger partial charge in [-0.1, -0.05) is 12.1 Å². The van der Waals surface area contributed by atoms with Gasteiger partial charge in [0.1, 0.15) is 5.82 Å². The van der Waals surface area contributed by atoms with Gasteiger partial charge in [-0.2, -0.15) is 18.3 Å². The van der Waals surface area contributed by atoms with Crippen LogP contribution in [-0.4, -0.2) is 43.7 Å². The van der Waals surface area contributed by atoms with E-state index in [-0.39, 0.29) is 36.8 Å². The molecule has 1 aromatic carbocycles. The number of amides is 2. The number of carbonyl (C=O) groups excluding carboxylic acids is 2. The van der Waals surface area contributed by atoms with Crippen LogP contribution in [0.2, 0.25) is 0 Å². The molecule has 1 atom stereocenters.